The van der Waals surface area contributed by atoms with Gasteiger partial charge in [-0.25, -0.2) is 9.78 Å². The number of rotatable bonds is 5. The number of nitrogens with zero attached hydrogens (tertiary/aromatic N) is 2. The van der Waals surface area contributed by atoms with Gasteiger partial charge in [-0.05, 0) is 6.92 Å². The molecule has 0 bridgehead atoms. The van der Waals surface area contributed by atoms with Crippen molar-refractivity contribution in [3.63, 3.8) is 0 Å². The van der Waals surface area contributed by atoms with E-state index in [0.717, 1.165) is 24.4 Å². The lowest BCUT2D eigenvalue weighted by atomic mass is 10.2. The fourth-order valence-corrected chi connectivity index (χ4v) is 2.90. The lowest BCUT2D eigenvalue weighted by molar-refractivity contribution is -0.166. The predicted octanol–water partition coefficient (Wildman–Crippen LogP) is 2.15. The van der Waals surface area contributed by atoms with Crippen LogP contribution in [0.15, 0.2) is 40.9 Å². The normalized spacial score (nSPS) is 21.6. The summed E-state index contributed by atoms with van der Waals surface area (Å²) in [5.41, 5.74) is 1.02. The summed E-state index contributed by atoms with van der Waals surface area (Å²) < 4.78 is 16.2. The zero-order chi connectivity index (χ0) is 16.9. The van der Waals surface area contributed by atoms with E-state index in [-0.39, 0.29) is 12.1 Å². The number of ether oxygens (including phenoxy) is 2. The molecule has 0 amide bonds. The molecule has 1 aromatic heterocycles. The molecule has 1 saturated heterocycles. The van der Waals surface area contributed by atoms with Crippen molar-refractivity contribution in [3.8, 4) is 11.3 Å². The van der Waals surface area contributed by atoms with Crippen LogP contribution in [-0.4, -0.2) is 54.8 Å². The number of methoxy groups -OCH3 is 1. The number of carbonyl (C=O) groups is 1. The van der Waals surface area contributed by atoms with E-state index in [1.165, 1.54) is 7.11 Å². The maximum atomic E-state index is 11.7. The molecule has 6 nitrogen and oxygen atoms in total. The van der Waals surface area contributed by atoms with Crippen molar-refractivity contribution in [3.05, 3.63) is 42.4 Å². The van der Waals surface area contributed by atoms with Crippen LogP contribution >= 0.6 is 0 Å². The first kappa shape index (κ1) is 16.7. The molecule has 6 heteroatoms. The molecule has 0 N–H and O–H groups in total. The van der Waals surface area contributed by atoms with E-state index < -0.39 is 6.10 Å². The number of hydrogen-bond acceptors (Lipinski definition) is 6. The van der Waals surface area contributed by atoms with Crippen molar-refractivity contribution >= 4 is 5.97 Å². The highest BCUT2D eigenvalue weighted by Crippen LogP contribution is 2.20. The Bertz CT molecular complexity index is 671. The molecule has 1 aromatic carbocycles. The summed E-state index contributed by atoms with van der Waals surface area (Å²) >= 11 is 0. The number of morpholine rings is 1. The molecule has 3 rings (SSSR count). The number of oxazole rings is 1. The van der Waals surface area contributed by atoms with Crippen LogP contribution in [0, 0.1) is 0 Å². The minimum Gasteiger partial charge on any atom is -0.467 e. The monoisotopic (exact) mass is 330 g/mol. The van der Waals surface area contributed by atoms with Gasteiger partial charge >= 0.3 is 5.97 Å². The SMILES string of the molecule is COC(=O)[C@@H]1CN(CCc2ncc(-c3ccccc3)o2)C[C@@H](C)O1. The van der Waals surface area contributed by atoms with Crippen LogP contribution in [0.4, 0.5) is 0 Å². The molecule has 0 spiro atoms. The lowest BCUT2D eigenvalue weighted by Crippen LogP contribution is -2.50. The van der Waals surface area contributed by atoms with Gasteiger partial charge in [0.25, 0.3) is 0 Å². The topological polar surface area (TPSA) is 64.8 Å². The zero-order valence-corrected chi connectivity index (χ0v) is 14.0. The van der Waals surface area contributed by atoms with E-state index in [1.54, 1.807) is 6.20 Å². The van der Waals surface area contributed by atoms with Crippen molar-refractivity contribution in [1.29, 1.82) is 0 Å². The third kappa shape index (κ3) is 4.01. The molecule has 1 aliphatic heterocycles. The fraction of sp³-hybridized carbons (Fsp3) is 0.444. The number of aromatic nitrogens is 1. The molecular formula is C18H22N2O4. The first-order chi connectivity index (χ1) is 11.7. The minimum atomic E-state index is -0.525. The van der Waals surface area contributed by atoms with Crippen molar-refractivity contribution in [2.75, 3.05) is 26.7 Å². The lowest BCUT2D eigenvalue weighted by Gasteiger charge is -2.35. The van der Waals surface area contributed by atoms with Gasteiger partial charge in [0.1, 0.15) is 0 Å². The van der Waals surface area contributed by atoms with Gasteiger partial charge in [-0.3, -0.25) is 4.90 Å². The molecule has 128 valence electrons. The van der Waals surface area contributed by atoms with Gasteiger partial charge in [0.05, 0.1) is 19.4 Å². The first-order valence-electron chi connectivity index (χ1n) is 8.11. The highest BCUT2D eigenvalue weighted by atomic mass is 16.6. The standard InChI is InChI=1S/C18H22N2O4/c1-13-11-20(12-16(23-13)18(21)22-2)9-8-17-19-10-15(24-17)14-6-4-3-5-7-14/h3-7,10,13,16H,8-9,11-12H2,1-2H3/t13-,16+/m1/s1. The van der Waals surface area contributed by atoms with E-state index in [0.29, 0.717) is 18.9 Å². The van der Waals surface area contributed by atoms with Crippen molar-refractivity contribution < 1.29 is 18.7 Å². The third-order valence-corrected chi connectivity index (χ3v) is 4.05. The number of benzene rings is 1. The minimum absolute atomic E-state index is 0.00714. The Labute approximate surface area is 141 Å². The Morgan fingerprint density at radius 2 is 2.12 bits per heavy atom. The Kier molecular flexibility index (Phi) is 5.27. The molecule has 0 unspecified atom stereocenters. The van der Waals surface area contributed by atoms with Crippen molar-refractivity contribution in [1.82, 2.24) is 9.88 Å². The molecule has 1 fully saturated rings. The Balaban J connectivity index is 1.57. The van der Waals surface area contributed by atoms with E-state index in [2.05, 4.69) is 9.88 Å². The van der Waals surface area contributed by atoms with Crippen LogP contribution in [-0.2, 0) is 20.7 Å². The molecule has 0 radical (unpaired) electrons. The van der Waals surface area contributed by atoms with Gasteiger partial charge in [0.15, 0.2) is 17.8 Å². The average Bonchev–Trinajstić information content (AvgIpc) is 3.08. The van der Waals surface area contributed by atoms with E-state index >= 15 is 0 Å². The van der Waals surface area contributed by atoms with Gasteiger partial charge in [0, 0.05) is 31.6 Å². The average molecular weight is 330 g/mol. The smallest absolute Gasteiger partial charge is 0.336 e. The molecular weight excluding hydrogens is 308 g/mol. The summed E-state index contributed by atoms with van der Waals surface area (Å²) in [6.45, 7) is 4.03. The van der Waals surface area contributed by atoms with Crippen LogP contribution < -0.4 is 0 Å². The van der Waals surface area contributed by atoms with Gasteiger partial charge in [-0.1, -0.05) is 30.3 Å². The Hall–Kier alpha value is -2.18. The zero-order valence-electron chi connectivity index (χ0n) is 14.0. The van der Waals surface area contributed by atoms with Crippen LogP contribution in [0.25, 0.3) is 11.3 Å². The number of hydrogen-bond donors (Lipinski definition) is 0. The van der Waals surface area contributed by atoms with Crippen LogP contribution in [0.1, 0.15) is 12.8 Å². The second-order valence-corrected chi connectivity index (χ2v) is 5.95. The van der Waals surface area contributed by atoms with Crippen molar-refractivity contribution in [2.24, 2.45) is 0 Å². The largest absolute Gasteiger partial charge is 0.467 e. The molecule has 24 heavy (non-hydrogen) atoms. The van der Waals surface area contributed by atoms with Crippen LogP contribution in [0.3, 0.4) is 0 Å². The highest BCUT2D eigenvalue weighted by molar-refractivity contribution is 5.75. The van der Waals surface area contributed by atoms with E-state index in [4.69, 9.17) is 13.9 Å². The van der Waals surface area contributed by atoms with Crippen LogP contribution in [0.2, 0.25) is 0 Å². The Morgan fingerprint density at radius 3 is 2.88 bits per heavy atom. The summed E-state index contributed by atoms with van der Waals surface area (Å²) in [5.74, 6) is 1.14. The van der Waals surface area contributed by atoms with Crippen molar-refractivity contribution in [2.45, 2.75) is 25.6 Å². The predicted molar refractivity (Wildman–Crippen MR) is 88.4 cm³/mol. The summed E-state index contributed by atoms with van der Waals surface area (Å²) in [6.07, 6.45) is 1.91. The molecule has 1 aliphatic rings. The van der Waals surface area contributed by atoms with Crippen LogP contribution in [0.5, 0.6) is 0 Å². The second-order valence-electron chi connectivity index (χ2n) is 5.95. The molecule has 2 aromatic rings. The maximum Gasteiger partial charge on any atom is 0.336 e. The molecule has 2 atom stereocenters. The third-order valence-electron chi connectivity index (χ3n) is 4.05. The highest BCUT2D eigenvalue weighted by Gasteiger charge is 2.30. The summed E-state index contributed by atoms with van der Waals surface area (Å²) in [7, 11) is 1.38. The molecule has 0 aliphatic carbocycles. The fourth-order valence-electron chi connectivity index (χ4n) is 2.90. The quantitative estimate of drug-likeness (QED) is 0.783. The van der Waals surface area contributed by atoms with Gasteiger partial charge in [0.2, 0.25) is 0 Å². The number of esters is 1. The Morgan fingerprint density at radius 1 is 1.33 bits per heavy atom. The van der Waals surface area contributed by atoms with Gasteiger partial charge < -0.3 is 13.9 Å². The van der Waals surface area contributed by atoms with E-state index in [9.17, 15) is 4.79 Å². The first-order valence-corrected chi connectivity index (χ1v) is 8.11. The maximum absolute atomic E-state index is 11.7. The van der Waals surface area contributed by atoms with E-state index in [1.807, 2.05) is 37.3 Å². The summed E-state index contributed by atoms with van der Waals surface area (Å²) in [4.78, 5) is 18.2. The van der Waals surface area contributed by atoms with Gasteiger partial charge in [-0.2, -0.15) is 0 Å². The number of carbonyl (C=O) groups excluding carboxylic acids is 1. The van der Waals surface area contributed by atoms with Gasteiger partial charge in [-0.15, -0.1) is 0 Å². The molecule has 2 heterocycles. The molecule has 0 saturated carbocycles. The summed E-state index contributed by atoms with van der Waals surface area (Å²) in [5, 5.41) is 0. The summed E-state index contributed by atoms with van der Waals surface area (Å²) in [6, 6.07) is 9.90. The second kappa shape index (κ2) is 7.59.